The average Bonchev–Trinajstić information content (AvgIpc) is 2.63. The van der Waals surface area contributed by atoms with E-state index in [1.165, 1.54) is 11.6 Å². The Morgan fingerprint density at radius 1 is 1.25 bits per heavy atom. The zero-order valence-electron chi connectivity index (χ0n) is 14.3. The number of rotatable bonds is 2. The smallest absolute Gasteiger partial charge is 0.332 e. The molecule has 1 aliphatic heterocycles. The lowest BCUT2D eigenvalue weighted by molar-refractivity contribution is 0.0665. The highest BCUT2D eigenvalue weighted by molar-refractivity contribution is 5.94. The van der Waals surface area contributed by atoms with Crippen molar-refractivity contribution in [3.05, 3.63) is 38.7 Å². The molecule has 7 nitrogen and oxygen atoms in total. The van der Waals surface area contributed by atoms with Crippen LogP contribution >= 0.6 is 0 Å². The molecule has 1 amide bonds. The maximum Gasteiger partial charge on any atom is 0.332 e. The number of carbonyl (C=O) groups is 1. The fourth-order valence-electron chi connectivity index (χ4n) is 3.32. The summed E-state index contributed by atoms with van der Waals surface area (Å²) in [5.41, 5.74) is -0.322. The SMILES string of the molecule is CC[C@H]1CCCN(C(=O)c2ccc3c(=O)n(C)c(=O)n(C)c3n2)C1. The number of fused-ring (bicyclic) bond motifs is 1. The Morgan fingerprint density at radius 2 is 2.00 bits per heavy atom. The molecule has 128 valence electrons. The van der Waals surface area contributed by atoms with Crippen molar-refractivity contribution < 1.29 is 4.79 Å². The fourth-order valence-corrected chi connectivity index (χ4v) is 3.32. The minimum Gasteiger partial charge on any atom is -0.337 e. The molecule has 0 spiro atoms. The van der Waals surface area contributed by atoms with E-state index in [2.05, 4.69) is 11.9 Å². The van der Waals surface area contributed by atoms with E-state index in [1.807, 2.05) is 4.90 Å². The summed E-state index contributed by atoms with van der Waals surface area (Å²) in [5.74, 6) is 0.392. The highest BCUT2D eigenvalue weighted by Crippen LogP contribution is 2.20. The lowest BCUT2D eigenvalue weighted by Gasteiger charge is -2.32. The molecule has 0 saturated carbocycles. The molecule has 2 aromatic rings. The van der Waals surface area contributed by atoms with Gasteiger partial charge in [0.2, 0.25) is 0 Å². The molecule has 1 atom stereocenters. The van der Waals surface area contributed by atoms with Crippen molar-refractivity contribution in [2.45, 2.75) is 26.2 Å². The molecule has 1 aliphatic rings. The molecule has 1 saturated heterocycles. The van der Waals surface area contributed by atoms with Crippen LogP contribution in [0.4, 0.5) is 0 Å². The number of nitrogens with zero attached hydrogens (tertiary/aromatic N) is 4. The Kier molecular flexibility index (Phi) is 4.26. The van der Waals surface area contributed by atoms with Gasteiger partial charge in [-0.25, -0.2) is 9.78 Å². The normalized spacial score (nSPS) is 18.1. The molecular weight excluding hydrogens is 308 g/mol. The lowest BCUT2D eigenvalue weighted by atomic mass is 9.95. The Bertz CT molecular complexity index is 912. The number of hydrogen-bond donors (Lipinski definition) is 0. The number of aryl methyl sites for hydroxylation is 1. The summed E-state index contributed by atoms with van der Waals surface area (Å²) in [4.78, 5) is 43.1. The van der Waals surface area contributed by atoms with Gasteiger partial charge in [-0.05, 0) is 30.9 Å². The van der Waals surface area contributed by atoms with Crippen LogP contribution in [0.3, 0.4) is 0 Å². The van der Waals surface area contributed by atoms with Gasteiger partial charge in [0.15, 0.2) is 0 Å². The number of carbonyl (C=O) groups excluding carboxylic acids is 1. The molecule has 0 aliphatic carbocycles. The van der Waals surface area contributed by atoms with Crippen molar-refractivity contribution in [3.63, 3.8) is 0 Å². The van der Waals surface area contributed by atoms with Gasteiger partial charge in [0.25, 0.3) is 11.5 Å². The van der Waals surface area contributed by atoms with E-state index in [1.54, 1.807) is 19.2 Å². The summed E-state index contributed by atoms with van der Waals surface area (Å²) in [6.45, 7) is 3.60. The summed E-state index contributed by atoms with van der Waals surface area (Å²) in [5, 5.41) is 0.334. The van der Waals surface area contributed by atoms with Gasteiger partial charge in [-0.15, -0.1) is 0 Å². The Hall–Kier alpha value is -2.44. The van der Waals surface area contributed by atoms with Crippen molar-refractivity contribution in [2.75, 3.05) is 13.1 Å². The van der Waals surface area contributed by atoms with Crippen LogP contribution in [0.2, 0.25) is 0 Å². The van der Waals surface area contributed by atoms with Crippen LogP contribution in [0.25, 0.3) is 11.0 Å². The van der Waals surface area contributed by atoms with Crippen LogP contribution in [0, 0.1) is 5.92 Å². The molecule has 0 bridgehead atoms. The van der Waals surface area contributed by atoms with Crippen molar-refractivity contribution in [3.8, 4) is 0 Å². The zero-order valence-corrected chi connectivity index (χ0v) is 14.3. The standard InChI is InChI=1S/C17H22N4O3/c1-4-11-6-5-9-21(10-11)16(23)13-8-7-12-14(18-13)19(2)17(24)20(3)15(12)22/h7-8,11H,4-6,9-10H2,1-3H3/t11-/m0/s1. The molecule has 0 unspecified atom stereocenters. The Morgan fingerprint density at radius 3 is 2.71 bits per heavy atom. The molecule has 0 N–H and O–H groups in total. The van der Waals surface area contributed by atoms with Gasteiger partial charge >= 0.3 is 5.69 Å². The third kappa shape index (κ3) is 2.64. The second-order valence-electron chi connectivity index (χ2n) is 6.44. The van der Waals surface area contributed by atoms with Gasteiger partial charge in [0.05, 0.1) is 5.39 Å². The van der Waals surface area contributed by atoms with E-state index in [0.29, 0.717) is 11.3 Å². The zero-order chi connectivity index (χ0) is 17.4. The largest absolute Gasteiger partial charge is 0.337 e. The van der Waals surface area contributed by atoms with Crippen molar-refractivity contribution in [1.29, 1.82) is 0 Å². The third-order valence-electron chi connectivity index (χ3n) is 4.90. The van der Waals surface area contributed by atoms with E-state index in [-0.39, 0.29) is 17.2 Å². The van der Waals surface area contributed by atoms with Gasteiger partial charge in [0, 0.05) is 27.2 Å². The first kappa shape index (κ1) is 16.4. The number of piperidine rings is 1. The Labute approximate surface area is 139 Å². The maximum absolute atomic E-state index is 12.7. The molecule has 7 heteroatoms. The summed E-state index contributed by atoms with van der Waals surface area (Å²) in [6.07, 6.45) is 3.20. The quantitative estimate of drug-likeness (QED) is 0.819. The number of likely N-dealkylation sites (tertiary alicyclic amines) is 1. The summed E-state index contributed by atoms with van der Waals surface area (Å²) >= 11 is 0. The molecule has 0 aromatic carbocycles. The van der Waals surface area contributed by atoms with Gasteiger partial charge in [-0.3, -0.25) is 18.7 Å². The van der Waals surface area contributed by atoms with Crippen molar-refractivity contribution >= 4 is 16.9 Å². The Balaban J connectivity index is 2.03. The minimum absolute atomic E-state index is 0.136. The number of aromatic nitrogens is 3. The van der Waals surface area contributed by atoms with E-state index < -0.39 is 11.2 Å². The van der Waals surface area contributed by atoms with E-state index in [4.69, 9.17) is 0 Å². The first-order valence-electron chi connectivity index (χ1n) is 8.30. The molecule has 24 heavy (non-hydrogen) atoms. The van der Waals surface area contributed by atoms with Gasteiger partial charge in [0.1, 0.15) is 11.3 Å². The number of pyridine rings is 1. The summed E-state index contributed by atoms with van der Waals surface area (Å²) < 4.78 is 2.35. The topological polar surface area (TPSA) is 77.2 Å². The van der Waals surface area contributed by atoms with Gasteiger partial charge in [-0.2, -0.15) is 0 Å². The number of amides is 1. The third-order valence-corrected chi connectivity index (χ3v) is 4.90. The van der Waals surface area contributed by atoms with E-state index in [0.717, 1.165) is 36.9 Å². The van der Waals surface area contributed by atoms with Gasteiger partial charge in [-0.1, -0.05) is 13.3 Å². The predicted molar refractivity (Wildman–Crippen MR) is 91.1 cm³/mol. The average molecular weight is 330 g/mol. The fraction of sp³-hybridized carbons (Fsp3) is 0.529. The van der Waals surface area contributed by atoms with Crippen LogP contribution < -0.4 is 11.2 Å². The van der Waals surface area contributed by atoms with E-state index in [9.17, 15) is 14.4 Å². The first-order chi connectivity index (χ1) is 11.4. The van der Waals surface area contributed by atoms with Crippen LogP contribution in [0.5, 0.6) is 0 Å². The molecule has 3 rings (SSSR count). The monoisotopic (exact) mass is 330 g/mol. The van der Waals surface area contributed by atoms with Crippen molar-refractivity contribution in [1.82, 2.24) is 19.0 Å². The number of hydrogen-bond acceptors (Lipinski definition) is 4. The second kappa shape index (κ2) is 6.22. The second-order valence-corrected chi connectivity index (χ2v) is 6.44. The van der Waals surface area contributed by atoms with Crippen LogP contribution in [-0.2, 0) is 14.1 Å². The molecular formula is C17H22N4O3. The molecule has 1 fully saturated rings. The predicted octanol–water partition coefficient (Wildman–Crippen LogP) is 0.894. The van der Waals surface area contributed by atoms with Gasteiger partial charge < -0.3 is 4.90 Å². The first-order valence-corrected chi connectivity index (χ1v) is 8.30. The highest BCUT2D eigenvalue weighted by atomic mass is 16.2. The summed E-state index contributed by atoms with van der Waals surface area (Å²) in [7, 11) is 2.99. The minimum atomic E-state index is -0.450. The summed E-state index contributed by atoms with van der Waals surface area (Å²) in [6, 6.07) is 3.16. The van der Waals surface area contributed by atoms with Crippen molar-refractivity contribution in [2.24, 2.45) is 20.0 Å². The van der Waals surface area contributed by atoms with Crippen LogP contribution in [-0.4, -0.2) is 38.0 Å². The van der Waals surface area contributed by atoms with E-state index >= 15 is 0 Å². The maximum atomic E-state index is 12.7. The van der Waals surface area contributed by atoms with Crippen LogP contribution in [0.15, 0.2) is 21.7 Å². The molecule has 3 heterocycles. The highest BCUT2D eigenvalue weighted by Gasteiger charge is 2.25. The molecule has 0 radical (unpaired) electrons. The van der Waals surface area contributed by atoms with Crippen LogP contribution in [0.1, 0.15) is 36.7 Å². The molecule has 2 aromatic heterocycles. The lowest BCUT2D eigenvalue weighted by Crippen LogP contribution is -2.40.